The minimum atomic E-state index is -1.19. The predicted molar refractivity (Wildman–Crippen MR) is 302 cm³/mol. The van der Waals surface area contributed by atoms with E-state index in [9.17, 15) is 0 Å². The Bertz CT molecular complexity index is 3190. The minimum Gasteiger partial charge on any atom is -0.497 e. The molecular weight excluding hydrogens is 1040 g/mol. The fourth-order valence-corrected chi connectivity index (χ4v) is 11.5. The summed E-state index contributed by atoms with van der Waals surface area (Å²) in [6.07, 6.45) is 2.88. The summed E-state index contributed by atoms with van der Waals surface area (Å²) < 4.78 is 105. The summed E-state index contributed by atoms with van der Waals surface area (Å²) in [7, 11) is 14.7. The molecule has 0 radical (unpaired) electrons. The molecule has 9 saturated heterocycles. The molecule has 0 atom stereocenters. The van der Waals surface area contributed by atoms with Gasteiger partial charge in [0.25, 0.3) is 0 Å². The Balaban J connectivity index is 0.000000137. The van der Waals surface area contributed by atoms with Crippen LogP contribution in [0.4, 0.5) is 0 Å². The second-order valence-electron chi connectivity index (χ2n) is 22.0. The van der Waals surface area contributed by atoms with E-state index >= 15 is 0 Å². The van der Waals surface area contributed by atoms with E-state index in [2.05, 4.69) is 40.7 Å². The quantitative estimate of drug-likeness (QED) is 0.0897. The van der Waals surface area contributed by atoms with Crippen molar-refractivity contribution < 1.29 is 85.3 Å². The van der Waals surface area contributed by atoms with Gasteiger partial charge in [0.05, 0.1) is 129 Å². The maximum atomic E-state index is 6.14. The van der Waals surface area contributed by atoms with E-state index in [0.29, 0.717) is 105 Å². The third-order valence-corrected chi connectivity index (χ3v) is 17.1. The molecule has 0 unspecified atom stereocenters. The molecule has 0 amide bonds. The first-order valence-electron chi connectivity index (χ1n) is 27.6. The minimum absolute atomic E-state index is 0.0294. The first kappa shape index (κ1) is 58.1. The number of ether oxygens (including phenoxy) is 18. The van der Waals surface area contributed by atoms with Crippen LogP contribution in [-0.4, -0.2) is 123 Å². The van der Waals surface area contributed by atoms with Crippen molar-refractivity contribution in [2.45, 2.75) is 77.7 Å². The standard InChI is InChI=1S/C23H30O6.2C20H24O6/c1-7-22-11-27-23(28-12-22,29-13-22)15-8-17-16(18(9-15)24-4)10-19(25-5)21(26-6)20(17)14(2)3;1-5-19-10-24-20(25-11-19,26-12-19)14-6-13-7-15(21-2)9-17(23-4)18(13)16(8-14)22-3;1-5-19-10-24-20(25-11-19,26-12-19)14-6-7-15-13(8-14)9-16(21-2)18(23-4)17(15)22-3/h8-10,14H,7,11-13H2,1-6H3;2*6-9H,5,10-12H2,1-4H3. The Morgan fingerprint density at radius 1 is 0.358 bits per heavy atom. The van der Waals surface area contributed by atoms with E-state index < -0.39 is 17.9 Å². The second kappa shape index (κ2) is 22.9. The SMILES string of the molecule is CCC12COC(c3cc(OC)c4c(OC)cc(OC)cc4c3)(OC1)OC2.CCC12COC(c3cc(OC)c4cc(OC)c(OC)c(C(C)C)c4c3)(OC1)OC2.CCC12COC(c3ccc4c(OC)c(OC)c(OC)cc4c3)(OC1)OC2. The van der Waals surface area contributed by atoms with Crippen molar-refractivity contribution in [3.8, 4) is 51.7 Å². The zero-order valence-electron chi connectivity index (χ0n) is 49.3. The van der Waals surface area contributed by atoms with Crippen LogP contribution >= 0.6 is 0 Å². The lowest BCUT2D eigenvalue weighted by Crippen LogP contribution is -2.58. The molecule has 0 spiro atoms. The van der Waals surface area contributed by atoms with Crippen LogP contribution in [0.25, 0.3) is 32.3 Å². The van der Waals surface area contributed by atoms with Crippen LogP contribution in [0.2, 0.25) is 0 Å². The van der Waals surface area contributed by atoms with Gasteiger partial charge >= 0.3 is 17.9 Å². The highest BCUT2D eigenvalue weighted by Gasteiger charge is 2.56. The molecule has 81 heavy (non-hydrogen) atoms. The van der Waals surface area contributed by atoms with Gasteiger partial charge in [-0.05, 0) is 95.9 Å². The highest BCUT2D eigenvalue weighted by atomic mass is 16.9. The third kappa shape index (κ3) is 10.1. The normalized spacial score (nSPS) is 27.0. The Morgan fingerprint density at radius 2 is 0.778 bits per heavy atom. The van der Waals surface area contributed by atoms with E-state index in [1.54, 1.807) is 64.0 Å². The molecule has 0 aliphatic carbocycles. The molecule has 6 aromatic rings. The number of fused-ring (bicyclic) bond motifs is 12. The predicted octanol–water partition coefficient (Wildman–Crippen LogP) is 11.5. The van der Waals surface area contributed by atoms with E-state index in [4.69, 9.17) is 85.3 Å². The molecule has 438 valence electrons. The van der Waals surface area contributed by atoms with Crippen molar-refractivity contribution in [3.63, 3.8) is 0 Å². The molecule has 6 aromatic carbocycles. The van der Waals surface area contributed by atoms with Gasteiger partial charge in [0.1, 0.15) is 23.0 Å². The highest BCUT2D eigenvalue weighted by Crippen LogP contribution is 2.53. The van der Waals surface area contributed by atoms with Gasteiger partial charge < -0.3 is 85.3 Å². The van der Waals surface area contributed by atoms with Crippen molar-refractivity contribution in [1.82, 2.24) is 0 Å². The van der Waals surface area contributed by atoms with Gasteiger partial charge in [-0.3, -0.25) is 0 Å². The zero-order chi connectivity index (χ0) is 57.5. The molecule has 0 aromatic heterocycles. The average molecular weight is 1120 g/mol. The van der Waals surface area contributed by atoms with Gasteiger partial charge in [-0.25, -0.2) is 0 Å². The largest absolute Gasteiger partial charge is 0.497 e. The molecule has 9 heterocycles. The maximum absolute atomic E-state index is 6.14. The summed E-state index contributed by atoms with van der Waals surface area (Å²) in [5, 5.41) is 5.57. The number of methoxy groups -OCH3 is 9. The zero-order valence-corrected chi connectivity index (χ0v) is 49.3. The average Bonchev–Trinajstić information content (AvgIpc) is 3.63. The van der Waals surface area contributed by atoms with Gasteiger partial charge in [0, 0.05) is 55.3 Å². The Hall–Kier alpha value is -6.06. The summed E-state index contributed by atoms with van der Waals surface area (Å²) in [4.78, 5) is 0. The van der Waals surface area contributed by atoms with Crippen LogP contribution in [0.3, 0.4) is 0 Å². The number of rotatable bonds is 16. The summed E-state index contributed by atoms with van der Waals surface area (Å²) >= 11 is 0. The van der Waals surface area contributed by atoms with Crippen LogP contribution in [0.15, 0.2) is 66.7 Å². The van der Waals surface area contributed by atoms with Crippen LogP contribution in [0, 0.1) is 16.2 Å². The fourth-order valence-electron chi connectivity index (χ4n) is 11.5. The van der Waals surface area contributed by atoms with Crippen molar-refractivity contribution in [2.75, 3.05) is 123 Å². The third-order valence-electron chi connectivity index (χ3n) is 17.1. The molecule has 15 rings (SSSR count). The summed E-state index contributed by atoms with van der Waals surface area (Å²) in [5.41, 5.74) is 3.30. The lowest BCUT2D eigenvalue weighted by Gasteiger charge is -2.51. The van der Waals surface area contributed by atoms with Crippen molar-refractivity contribution in [2.24, 2.45) is 16.2 Å². The molecule has 9 fully saturated rings. The van der Waals surface area contributed by atoms with Crippen LogP contribution in [-0.2, 0) is 60.6 Å². The highest BCUT2D eigenvalue weighted by molar-refractivity contribution is 5.97. The van der Waals surface area contributed by atoms with Crippen molar-refractivity contribution >= 4 is 32.3 Å². The van der Waals surface area contributed by atoms with Crippen molar-refractivity contribution in [3.05, 3.63) is 89.0 Å². The van der Waals surface area contributed by atoms with E-state index in [0.717, 1.165) is 79.6 Å². The topological polar surface area (TPSA) is 166 Å². The molecule has 18 heteroatoms. The lowest BCUT2D eigenvalue weighted by atomic mass is 9.85. The Morgan fingerprint density at radius 3 is 1.21 bits per heavy atom. The Labute approximate surface area is 474 Å². The molecule has 9 aliphatic heterocycles. The smallest absolute Gasteiger partial charge is 0.312 e. The van der Waals surface area contributed by atoms with Gasteiger partial charge in [-0.2, -0.15) is 0 Å². The first-order chi connectivity index (χ1) is 39.1. The fraction of sp³-hybridized carbons (Fsp3) is 0.524. The number of benzene rings is 6. The summed E-state index contributed by atoms with van der Waals surface area (Å²) in [6, 6.07) is 21.4. The second-order valence-corrected chi connectivity index (χ2v) is 22.0. The summed E-state index contributed by atoms with van der Waals surface area (Å²) in [5.74, 6) is 2.66. The Kier molecular flexibility index (Phi) is 16.5. The molecular formula is C63H78O18. The monoisotopic (exact) mass is 1120 g/mol. The molecule has 18 nitrogen and oxygen atoms in total. The lowest BCUT2D eigenvalue weighted by molar-refractivity contribution is -0.480. The van der Waals surface area contributed by atoms with Gasteiger partial charge in [0.2, 0.25) is 5.75 Å². The van der Waals surface area contributed by atoms with E-state index in [1.165, 1.54) is 0 Å². The maximum Gasteiger partial charge on any atom is 0.312 e. The van der Waals surface area contributed by atoms with Gasteiger partial charge in [0.15, 0.2) is 23.0 Å². The van der Waals surface area contributed by atoms with Crippen LogP contribution in [0.1, 0.15) is 82.1 Å². The van der Waals surface area contributed by atoms with Crippen LogP contribution < -0.4 is 42.6 Å². The van der Waals surface area contributed by atoms with Gasteiger partial charge in [-0.1, -0.05) is 40.7 Å². The molecule has 0 saturated carbocycles. The number of hydrogen-bond acceptors (Lipinski definition) is 18. The number of hydrogen-bond donors (Lipinski definition) is 0. The molecule has 6 bridgehead atoms. The first-order valence-corrected chi connectivity index (χ1v) is 27.6. The molecule has 0 N–H and O–H groups in total. The van der Waals surface area contributed by atoms with E-state index in [1.807, 2.05) is 60.7 Å². The van der Waals surface area contributed by atoms with Gasteiger partial charge in [-0.15, -0.1) is 0 Å². The molecule has 9 aliphatic rings. The van der Waals surface area contributed by atoms with E-state index in [-0.39, 0.29) is 22.2 Å². The summed E-state index contributed by atoms with van der Waals surface area (Å²) in [6.45, 7) is 16.3. The van der Waals surface area contributed by atoms with Crippen molar-refractivity contribution in [1.29, 1.82) is 0 Å². The van der Waals surface area contributed by atoms with Crippen LogP contribution in [0.5, 0.6) is 51.7 Å².